The van der Waals surface area contributed by atoms with E-state index in [2.05, 4.69) is 6.07 Å². The number of hydrogen-bond donors (Lipinski definition) is 2. The third kappa shape index (κ3) is 4.39. The third-order valence-corrected chi connectivity index (χ3v) is 6.01. The monoisotopic (exact) mass is 350 g/mol. The van der Waals surface area contributed by atoms with Crippen LogP contribution >= 0.6 is 0 Å². The summed E-state index contributed by atoms with van der Waals surface area (Å²) in [5, 5.41) is 0. The predicted octanol–water partition coefficient (Wildman–Crippen LogP) is 0.329. The summed E-state index contributed by atoms with van der Waals surface area (Å²) in [6, 6.07) is 4.94. The van der Waals surface area contributed by atoms with Crippen LogP contribution in [0.25, 0.3) is 0 Å². The third-order valence-electron chi connectivity index (χ3n) is 6.01. The Bertz CT molecular complexity index is 550. The van der Waals surface area contributed by atoms with E-state index in [1.165, 1.54) is 63.8 Å². The van der Waals surface area contributed by atoms with Crippen LogP contribution in [-0.4, -0.2) is 53.6 Å². The summed E-state index contributed by atoms with van der Waals surface area (Å²) < 4.78 is 16.4. The van der Waals surface area contributed by atoms with Crippen molar-refractivity contribution in [3.63, 3.8) is 0 Å². The summed E-state index contributed by atoms with van der Waals surface area (Å²) in [6.45, 7) is 6.07. The van der Waals surface area contributed by atoms with Gasteiger partial charge in [-0.15, -0.1) is 0 Å². The van der Waals surface area contributed by atoms with E-state index in [1.807, 2.05) is 11.0 Å². The van der Waals surface area contributed by atoms with E-state index in [-0.39, 0.29) is 0 Å². The second-order valence-corrected chi connectivity index (χ2v) is 7.44. The van der Waals surface area contributed by atoms with Crippen LogP contribution in [-0.2, 0) is 6.54 Å². The first-order valence-corrected chi connectivity index (χ1v) is 9.72. The molecule has 0 amide bonds. The van der Waals surface area contributed by atoms with Gasteiger partial charge in [0.2, 0.25) is 0 Å². The van der Waals surface area contributed by atoms with Gasteiger partial charge in [0.05, 0.1) is 32.9 Å². The van der Waals surface area contributed by atoms with E-state index < -0.39 is 0 Å². The number of methoxy groups -OCH3 is 3. The Balaban J connectivity index is 1.61. The summed E-state index contributed by atoms with van der Waals surface area (Å²) in [7, 11) is 5.08. The van der Waals surface area contributed by atoms with Gasteiger partial charge in [0, 0.05) is 6.07 Å². The lowest BCUT2D eigenvalue weighted by atomic mass is 9.94. The molecule has 5 heteroatoms. The molecule has 1 heterocycles. The first-order valence-electron chi connectivity index (χ1n) is 9.72. The van der Waals surface area contributed by atoms with Gasteiger partial charge in [-0.25, -0.2) is 0 Å². The Kier molecular flexibility index (Phi) is 6.43. The molecule has 0 atom stereocenters. The van der Waals surface area contributed by atoms with Crippen molar-refractivity contribution in [3.8, 4) is 17.2 Å². The molecule has 1 aliphatic carbocycles. The van der Waals surface area contributed by atoms with Crippen molar-refractivity contribution in [2.75, 3.05) is 47.5 Å². The minimum atomic E-state index is 0.727. The lowest BCUT2D eigenvalue weighted by molar-refractivity contribution is -1.03. The molecule has 0 aromatic heterocycles. The van der Waals surface area contributed by atoms with Crippen molar-refractivity contribution in [1.29, 1.82) is 0 Å². The molecule has 0 bridgehead atoms. The van der Waals surface area contributed by atoms with Crippen molar-refractivity contribution >= 4 is 0 Å². The second-order valence-electron chi connectivity index (χ2n) is 7.44. The highest BCUT2D eigenvalue weighted by molar-refractivity contribution is 5.50. The molecule has 1 saturated carbocycles. The highest BCUT2D eigenvalue weighted by atomic mass is 16.5. The van der Waals surface area contributed by atoms with Crippen molar-refractivity contribution in [3.05, 3.63) is 17.7 Å². The summed E-state index contributed by atoms with van der Waals surface area (Å²) >= 11 is 0. The molecule has 1 aromatic carbocycles. The average molecular weight is 351 g/mol. The maximum Gasteiger partial charge on any atom is 0.164 e. The normalized spacial score (nSPS) is 24.8. The number of nitrogens with one attached hydrogen (secondary N) is 2. The van der Waals surface area contributed by atoms with Crippen LogP contribution in [0.2, 0.25) is 0 Å². The second kappa shape index (κ2) is 8.77. The molecular weight excluding hydrogens is 316 g/mol. The predicted molar refractivity (Wildman–Crippen MR) is 98.1 cm³/mol. The summed E-state index contributed by atoms with van der Waals surface area (Å²) in [5.74, 6) is 2.40. The number of benzene rings is 1. The van der Waals surface area contributed by atoms with Gasteiger partial charge >= 0.3 is 0 Å². The molecule has 140 valence electrons. The molecule has 25 heavy (non-hydrogen) atoms. The number of quaternary nitrogens is 2. The zero-order chi connectivity index (χ0) is 17.6. The van der Waals surface area contributed by atoms with E-state index in [1.54, 1.807) is 26.2 Å². The van der Waals surface area contributed by atoms with E-state index in [9.17, 15) is 0 Å². The summed E-state index contributed by atoms with van der Waals surface area (Å²) in [5.41, 5.74) is 1.20. The quantitative estimate of drug-likeness (QED) is 0.776. The smallest absolute Gasteiger partial charge is 0.164 e. The van der Waals surface area contributed by atoms with Gasteiger partial charge in [0.1, 0.15) is 38.5 Å². The first-order chi connectivity index (χ1) is 12.2. The number of ether oxygens (including phenoxy) is 3. The number of hydrogen-bond acceptors (Lipinski definition) is 3. The molecule has 1 aliphatic heterocycles. The molecule has 0 unspecified atom stereocenters. The molecule has 3 rings (SSSR count). The fourth-order valence-electron chi connectivity index (χ4n) is 4.52. The highest BCUT2D eigenvalue weighted by Crippen LogP contribution is 2.34. The first kappa shape index (κ1) is 18.3. The molecular formula is C20H34N2O3+2. The van der Waals surface area contributed by atoms with Gasteiger partial charge in [0.25, 0.3) is 0 Å². The Hall–Kier alpha value is -1.46. The van der Waals surface area contributed by atoms with Crippen molar-refractivity contribution in [2.45, 2.75) is 44.7 Å². The van der Waals surface area contributed by atoms with Gasteiger partial charge in [-0.05, 0) is 31.7 Å². The van der Waals surface area contributed by atoms with Crippen LogP contribution in [0.4, 0.5) is 0 Å². The van der Waals surface area contributed by atoms with Gasteiger partial charge in [-0.1, -0.05) is 6.42 Å². The van der Waals surface area contributed by atoms with E-state index in [0.717, 1.165) is 29.8 Å². The molecule has 2 fully saturated rings. The standard InChI is InChI=1S/C20H32N2O3/c1-23-18-14-20(25-3)19(24-2)13-16(18)15-21-9-11-22(12-10-21)17-7-5-4-6-8-17/h13-14,17H,4-12,15H2,1-3H3/p+2. The topological polar surface area (TPSA) is 36.6 Å². The van der Waals surface area contributed by atoms with Crippen LogP contribution in [0.3, 0.4) is 0 Å². The van der Waals surface area contributed by atoms with Gasteiger partial charge in [-0.3, -0.25) is 0 Å². The lowest BCUT2D eigenvalue weighted by Gasteiger charge is -2.36. The average Bonchev–Trinajstić information content (AvgIpc) is 2.69. The fourth-order valence-corrected chi connectivity index (χ4v) is 4.52. The largest absolute Gasteiger partial charge is 0.496 e. The zero-order valence-electron chi connectivity index (χ0n) is 16.0. The van der Waals surface area contributed by atoms with Gasteiger partial charge in [-0.2, -0.15) is 0 Å². The van der Waals surface area contributed by atoms with Crippen molar-refractivity contribution < 1.29 is 24.0 Å². The fraction of sp³-hybridized carbons (Fsp3) is 0.700. The Morgan fingerprint density at radius 2 is 1.40 bits per heavy atom. The van der Waals surface area contributed by atoms with Crippen molar-refractivity contribution in [1.82, 2.24) is 0 Å². The molecule has 5 nitrogen and oxygen atoms in total. The maximum absolute atomic E-state index is 5.59. The Morgan fingerprint density at radius 1 is 0.800 bits per heavy atom. The molecule has 1 saturated heterocycles. The molecule has 2 aliphatic rings. The molecule has 2 N–H and O–H groups in total. The van der Waals surface area contributed by atoms with Crippen LogP contribution < -0.4 is 24.0 Å². The van der Waals surface area contributed by atoms with Gasteiger partial charge < -0.3 is 24.0 Å². The van der Waals surface area contributed by atoms with Crippen LogP contribution in [0.15, 0.2) is 12.1 Å². The molecule has 0 spiro atoms. The summed E-state index contributed by atoms with van der Waals surface area (Å²) in [6.07, 6.45) is 7.20. The van der Waals surface area contributed by atoms with Crippen LogP contribution in [0.5, 0.6) is 17.2 Å². The number of piperazine rings is 1. The molecule has 1 aromatic rings. The van der Waals surface area contributed by atoms with Gasteiger partial charge in [0.15, 0.2) is 11.5 Å². The lowest BCUT2D eigenvalue weighted by Crippen LogP contribution is -3.29. The Morgan fingerprint density at radius 3 is 2.00 bits per heavy atom. The zero-order valence-corrected chi connectivity index (χ0v) is 16.0. The maximum atomic E-state index is 5.59. The van der Waals surface area contributed by atoms with E-state index in [0.29, 0.717) is 0 Å². The Labute approximate surface area is 151 Å². The minimum Gasteiger partial charge on any atom is -0.496 e. The summed E-state index contributed by atoms with van der Waals surface area (Å²) in [4.78, 5) is 3.49. The van der Waals surface area contributed by atoms with Crippen LogP contribution in [0, 0.1) is 0 Å². The van der Waals surface area contributed by atoms with Crippen molar-refractivity contribution in [2.24, 2.45) is 0 Å². The van der Waals surface area contributed by atoms with E-state index in [4.69, 9.17) is 14.2 Å². The van der Waals surface area contributed by atoms with Crippen LogP contribution in [0.1, 0.15) is 37.7 Å². The van der Waals surface area contributed by atoms with E-state index >= 15 is 0 Å². The SMILES string of the molecule is COc1cc(OC)c(OC)cc1C[NH+]1CC[NH+](C2CCCCC2)CC1. The number of rotatable bonds is 6. The minimum absolute atomic E-state index is 0.727. The molecule has 0 radical (unpaired) electrons. The highest BCUT2D eigenvalue weighted by Gasteiger charge is 2.30.